The molecule has 2 N–H and O–H groups in total. The fourth-order valence-corrected chi connectivity index (χ4v) is 4.06. The van der Waals surface area contributed by atoms with Gasteiger partial charge in [0, 0.05) is 30.5 Å². The van der Waals surface area contributed by atoms with Crippen LogP contribution in [0.25, 0.3) is 11.5 Å². The van der Waals surface area contributed by atoms with Crippen LogP contribution in [0.4, 0.5) is 13.2 Å². The molecular formula is C30H27F3N2O6. The van der Waals surface area contributed by atoms with E-state index in [9.17, 15) is 22.8 Å². The molecule has 0 atom stereocenters. The van der Waals surface area contributed by atoms with Crippen LogP contribution in [0.2, 0.25) is 0 Å². The third-order valence-corrected chi connectivity index (χ3v) is 6.10. The van der Waals surface area contributed by atoms with Gasteiger partial charge in [-0.15, -0.1) is 13.2 Å². The summed E-state index contributed by atoms with van der Waals surface area (Å²) in [4.78, 5) is 28.3. The Labute approximate surface area is 233 Å². The Balaban J connectivity index is 1.40. The molecule has 1 amide bonds. The zero-order valence-electron chi connectivity index (χ0n) is 22.0. The van der Waals surface area contributed by atoms with E-state index in [1.165, 1.54) is 12.1 Å². The lowest BCUT2D eigenvalue weighted by molar-refractivity contribution is -0.274. The molecule has 0 aliphatic rings. The van der Waals surface area contributed by atoms with Crippen molar-refractivity contribution in [1.82, 2.24) is 10.3 Å². The normalized spacial score (nSPS) is 11.2. The van der Waals surface area contributed by atoms with Crippen LogP contribution >= 0.6 is 0 Å². The lowest BCUT2D eigenvalue weighted by Crippen LogP contribution is -2.23. The van der Waals surface area contributed by atoms with E-state index in [0.29, 0.717) is 41.6 Å². The maximum Gasteiger partial charge on any atom is 0.573 e. The Morgan fingerprint density at radius 2 is 1.66 bits per heavy atom. The van der Waals surface area contributed by atoms with Crippen LogP contribution in [-0.2, 0) is 24.2 Å². The van der Waals surface area contributed by atoms with Gasteiger partial charge >= 0.3 is 12.3 Å². The molecule has 1 aromatic heterocycles. The number of aromatic nitrogens is 1. The molecule has 41 heavy (non-hydrogen) atoms. The number of alkyl halides is 3. The van der Waals surface area contributed by atoms with E-state index in [0.717, 1.165) is 23.4 Å². The average Bonchev–Trinajstić information content (AvgIpc) is 3.31. The van der Waals surface area contributed by atoms with Crippen molar-refractivity contribution < 1.29 is 41.8 Å². The molecule has 11 heteroatoms. The average molecular weight is 569 g/mol. The summed E-state index contributed by atoms with van der Waals surface area (Å²) in [6, 6.07) is 19.3. The van der Waals surface area contributed by atoms with E-state index >= 15 is 0 Å². The first-order valence-electron chi connectivity index (χ1n) is 12.7. The van der Waals surface area contributed by atoms with Gasteiger partial charge in [-0.25, -0.2) is 4.98 Å². The van der Waals surface area contributed by atoms with E-state index < -0.39 is 24.0 Å². The molecule has 4 rings (SSSR count). The first-order valence-corrected chi connectivity index (χ1v) is 12.7. The van der Waals surface area contributed by atoms with Gasteiger partial charge in [-0.2, -0.15) is 0 Å². The first-order chi connectivity index (χ1) is 19.6. The fraction of sp³-hybridized carbons (Fsp3) is 0.233. The molecular weight excluding hydrogens is 541 g/mol. The van der Waals surface area contributed by atoms with Crippen molar-refractivity contribution in [2.45, 2.75) is 39.1 Å². The Bertz CT molecular complexity index is 1480. The zero-order chi connectivity index (χ0) is 29.4. The van der Waals surface area contributed by atoms with Crippen molar-refractivity contribution in [3.8, 4) is 23.0 Å². The number of ether oxygens (including phenoxy) is 2. The highest BCUT2D eigenvalue weighted by molar-refractivity contribution is 5.94. The summed E-state index contributed by atoms with van der Waals surface area (Å²) < 4.78 is 52.7. The van der Waals surface area contributed by atoms with Gasteiger partial charge < -0.3 is 24.3 Å². The molecule has 0 aliphatic heterocycles. The maximum absolute atomic E-state index is 12.6. The second-order valence-corrected chi connectivity index (χ2v) is 9.07. The molecule has 0 radical (unpaired) electrons. The lowest BCUT2D eigenvalue weighted by atomic mass is 10.0. The van der Waals surface area contributed by atoms with Crippen LogP contribution < -0.4 is 14.8 Å². The van der Waals surface area contributed by atoms with Crippen molar-refractivity contribution in [1.29, 1.82) is 0 Å². The number of rotatable bonds is 12. The van der Waals surface area contributed by atoms with Crippen molar-refractivity contribution in [2.75, 3.05) is 6.61 Å². The van der Waals surface area contributed by atoms with Gasteiger partial charge in [0.15, 0.2) is 0 Å². The molecule has 0 aliphatic carbocycles. The van der Waals surface area contributed by atoms with E-state index in [2.05, 4.69) is 15.0 Å². The van der Waals surface area contributed by atoms with Crippen molar-refractivity contribution in [3.05, 3.63) is 101 Å². The Morgan fingerprint density at radius 3 is 2.34 bits per heavy atom. The molecule has 1 heterocycles. The van der Waals surface area contributed by atoms with Crippen LogP contribution in [0, 0.1) is 6.92 Å². The minimum atomic E-state index is -4.83. The molecule has 0 bridgehead atoms. The molecule has 0 saturated carbocycles. The number of oxazole rings is 1. The second-order valence-electron chi connectivity index (χ2n) is 9.07. The predicted molar refractivity (Wildman–Crippen MR) is 143 cm³/mol. The molecule has 0 unspecified atom stereocenters. The number of amides is 1. The number of carboxylic acids is 1. The summed E-state index contributed by atoms with van der Waals surface area (Å²) in [5.41, 5.74) is 3.14. The molecule has 214 valence electrons. The van der Waals surface area contributed by atoms with E-state index in [-0.39, 0.29) is 24.9 Å². The third kappa shape index (κ3) is 8.59. The number of hydrogen-bond acceptors (Lipinski definition) is 6. The number of halogens is 3. The lowest BCUT2D eigenvalue weighted by Gasteiger charge is -2.14. The number of nitrogens with zero attached hydrogens (tertiary/aromatic N) is 1. The largest absolute Gasteiger partial charge is 0.573 e. The third-order valence-electron chi connectivity index (χ3n) is 6.10. The summed E-state index contributed by atoms with van der Waals surface area (Å²) in [6.45, 7) is 2.19. The van der Waals surface area contributed by atoms with Crippen LogP contribution in [0.15, 0.2) is 77.2 Å². The van der Waals surface area contributed by atoms with Crippen LogP contribution in [0.1, 0.15) is 39.4 Å². The smallest absolute Gasteiger partial charge is 0.493 e. The van der Waals surface area contributed by atoms with Crippen molar-refractivity contribution >= 4 is 11.9 Å². The predicted octanol–water partition coefficient (Wildman–Crippen LogP) is 6.12. The highest BCUT2D eigenvalue weighted by Crippen LogP contribution is 2.24. The maximum atomic E-state index is 12.6. The molecule has 0 saturated heterocycles. The highest BCUT2D eigenvalue weighted by Gasteiger charge is 2.31. The molecule has 0 spiro atoms. The van der Waals surface area contributed by atoms with Gasteiger partial charge in [-0.3, -0.25) is 9.59 Å². The van der Waals surface area contributed by atoms with Crippen LogP contribution in [0.5, 0.6) is 11.5 Å². The highest BCUT2D eigenvalue weighted by atomic mass is 19.4. The monoisotopic (exact) mass is 568 g/mol. The summed E-state index contributed by atoms with van der Waals surface area (Å²) in [7, 11) is 0. The molecule has 8 nitrogen and oxygen atoms in total. The van der Waals surface area contributed by atoms with Gasteiger partial charge in [-0.1, -0.05) is 24.3 Å². The summed E-state index contributed by atoms with van der Waals surface area (Å²) in [5, 5.41) is 11.8. The number of benzene rings is 3. The minimum Gasteiger partial charge on any atom is -0.493 e. The minimum absolute atomic E-state index is 0.0502. The number of hydrogen-bond donors (Lipinski definition) is 2. The molecule has 0 fully saturated rings. The Morgan fingerprint density at radius 1 is 0.951 bits per heavy atom. The zero-order valence-corrected chi connectivity index (χ0v) is 22.0. The Hall–Kier alpha value is -4.80. The Kier molecular flexibility index (Phi) is 9.28. The number of carboxylic acid groups (broad SMARTS) is 1. The van der Waals surface area contributed by atoms with Gasteiger partial charge in [0.05, 0.1) is 12.3 Å². The van der Waals surface area contributed by atoms with Gasteiger partial charge in [-0.05, 0) is 73.0 Å². The fourth-order valence-electron chi connectivity index (χ4n) is 4.06. The summed E-state index contributed by atoms with van der Waals surface area (Å²) >= 11 is 0. The molecule has 3 aromatic carbocycles. The number of carbonyl (C=O) groups is 2. The van der Waals surface area contributed by atoms with E-state index in [1.54, 1.807) is 18.2 Å². The van der Waals surface area contributed by atoms with Crippen molar-refractivity contribution in [3.63, 3.8) is 0 Å². The quantitative estimate of drug-likeness (QED) is 0.212. The van der Waals surface area contributed by atoms with Crippen LogP contribution in [0.3, 0.4) is 0 Å². The van der Waals surface area contributed by atoms with Crippen LogP contribution in [-0.4, -0.2) is 34.9 Å². The number of aliphatic carboxylic acids is 1. The van der Waals surface area contributed by atoms with Crippen molar-refractivity contribution in [2.24, 2.45) is 0 Å². The second kappa shape index (κ2) is 13.0. The van der Waals surface area contributed by atoms with Gasteiger partial charge in [0.2, 0.25) is 5.89 Å². The number of nitrogens with one attached hydrogen (secondary N) is 1. The van der Waals surface area contributed by atoms with E-state index in [4.69, 9.17) is 14.3 Å². The summed E-state index contributed by atoms with van der Waals surface area (Å²) in [6.07, 6.45) is -4.20. The number of aryl methyl sites for hydroxylation is 2. The van der Waals surface area contributed by atoms with Gasteiger partial charge in [0.1, 0.15) is 17.3 Å². The topological polar surface area (TPSA) is 111 Å². The van der Waals surface area contributed by atoms with Gasteiger partial charge in [0.25, 0.3) is 5.91 Å². The standard InChI is InChI=1S/C30H27F3N2O6/c1-19-26(35-29(40-19)22-5-3-2-4-6-22)15-16-39-25-13-7-20(10-14-27(36)37)23(17-25)18-34-28(38)21-8-11-24(12-9-21)41-30(31,32)33/h2-9,11-13,17H,10,14-16,18H2,1H3,(H,34,38)(H,36,37). The SMILES string of the molecule is Cc1oc(-c2ccccc2)nc1CCOc1ccc(CCC(=O)O)c(CNC(=O)c2ccc(OC(F)(F)F)cc2)c1. The molecule has 4 aromatic rings. The first kappa shape index (κ1) is 29.2. The number of carbonyl (C=O) groups excluding carboxylic acids is 1. The van der Waals surface area contributed by atoms with E-state index in [1.807, 2.05) is 37.3 Å². The summed E-state index contributed by atoms with van der Waals surface area (Å²) in [5.74, 6) is -0.174.